The molecule has 8 rings (SSSR count). The molecule has 2 aromatic heterocycles. The van der Waals surface area contributed by atoms with Crippen LogP contribution >= 0.6 is 11.6 Å². The summed E-state index contributed by atoms with van der Waals surface area (Å²) in [5.74, 6) is 1.75. The Bertz CT molecular complexity index is 1790. The van der Waals surface area contributed by atoms with Crippen LogP contribution in [0, 0.1) is 11.7 Å². The molecular formula is C37H41ClFN5O4. The molecule has 0 bridgehead atoms. The van der Waals surface area contributed by atoms with Crippen LogP contribution in [0.15, 0.2) is 54.6 Å². The highest BCUT2D eigenvalue weighted by Crippen LogP contribution is 2.47. The summed E-state index contributed by atoms with van der Waals surface area (Å²) in [7, 11) is 0. The number of pyridine rings is 1. The third kappa shape index (κ3) is 6.55. The highest BCUT2D eigenvalue weighted by molar-refractivity contribution is 6.30. The summed E-state index contributed by atoms with van der Waals surface area (Å²) in [5, 5.41) is 3.53. The predicted octanol–water partition coefficient (Wildman–Crippen LogP) is 6.87. The Morgan fingerprint density at radius 1 is 1.04 bits per heavy atom. The van der Waals surface area contributed by atoms with Crippen molar-refractivity contribution >= 4 is 34.2 Å². The summed E-state index contributed by atoms with van der Waals surface area (Å²) in [6.07, 6.45) is 7.03. The summed E-state index contributed by atoms with van der Waals surface area (Å²) in [6.45, 7) is 4.89. The monoisotopic (exact) mass is 673 g/mol. The van der Waals surface area contributed by atoms with Gasteiger partial charge < -0.3 is 24.1 Å². The van der Waals surface area contributed by atoms with Crippen LogP contribution in [0.25, 0.3) is 11.0 Å². The molecule has 252 valence electrons. The number of aromatic nitrogens is 3. The minimum atomic E-state index is -0.673. The second-order valence-corrected chi connectivity index (χ2v) is 14.1. The van der Waals surface area contributed by atoms with Gasteiger partial charge in [0.15, 0.2) is 0 Å². The summed E-state index contributed by atoms with van der Waals surface area (Å²) in [4.78, 5) is 25.8. The number of likely N-dealkylation sites (tertiary alicyclic amines) is 1. The van der Waals surface area contributed by atoms with Gasteiger partial charge >= 0.3 is 0 Å². The number of halogens is 2. The lowest BCUT2D eigenvalue weighted by Crippen LogP contribution is -2.44. The van der Waals surface area contributed by atoms with Crippen LogP contribution in [0.5, 0.6) is 5.88 Å². The average molecular weight is 674 g/mol. The summed E-state index contributed by atoms with van der Waals surface area (Å²) >= 11 is 5.88. The molecule has 0 spiro atoms. The van der Waals surface area contributed by atoms with Gasteiger partial charge in [0, 0.05) is 47.2 Å². The minimum Gasteiger partial charge on any atom is -0.473 e. The third-order valence-corrected chi connectivity index (χ3v) is 10.7. The molecule has 2 aromatic carbocycles. The molecule has 1 unspecified atom stereocenters. The normalized spacial score (nSPS) is 23.3. The van der Waals surface area contributed by atoms with Gasteiger partial charge in [-0.1, -0.05) is 23.7 Å². The van der Waals surface area contributed by atoms with E-state index in [0.717, 1.165) is 106 Å². The van der Waals surface area contributed by atoms with Crippen LogP contribution in [0.2, 0.25) is 5.02 Å². The number of ether oxygens (including phenoxy) is 3. The Balaban J connectivity index is 0.929. The molecule has 1 N–H and O–H groups in total. The van der Waals surface area contributed by atoms with E-state index in [1.165, 1.54) is 6.07 Å². The number of rotatable bonds is 11. The predicted molar refractivity (Wildman–Crippen MR) is 181 cm³/mol. The lowest BCUT2D eigenvalue weighted by molar-refractivity contribution is -0.138. The number of nitrogens with zero attached hydrogens (tertiary/aromatic N) is 4. The highest BCUT2D eigenvalue weighted by atomic mass is 35.5. The maximum atomic E-state index is 14.2. The molecule has 48 heavy (non-hydrogen) atoms. The van der Waals surface area contributed by atoms with E-state index in [1.54, 1.807) is 12.1 Å². The van der Waals surface area contributed by atoms with E-state index >= 15 is 0 Å². The van der Waals surface area contributed by atoms with Crippen LogP contribution in [0.1, 0.15) is 67.9 Å². The number of carbonyl (C=O) groups is 1. The van der Waals surface area contributed by atoms with Crippen LogP contribution < -0.4 is 10.1 Å². The summed E-state index contributed by atoms with van der Waals surface area (Å²) in [5.41, 5.74) is 3.46. The van der Waals surface area contributed by atoms with Gasteiger partial charge in [-0.3, -0.25) is 9.69 Å². The van der Waals surface area contributed by atoms with Crippen molar-refractivity contribution in [2.45, 2.75) is 82.3 Å². The summed E-state index contributed by atoms with van der Waals surface area (Å²) < 4.78 is 34.2. The van der Waals surface area contributed by atoms with Crippen LogP contribution in [0.4, 0.5) is 10.1 Å². The fourth-order valence-electron chi connectivity index (χ4n) is 7.46. The maximum Gasteiger partial charge on any atom is 0.256 e. The molecule has 4 fully saturated rings. The molecule has 0 radical (unpaired) electrons. The van der Waals surface area contributed by atoms with Gasteiger partial charge in [-0.05, 0) is 100 Å². The molecule has 3 aliphatic heterocycles. The lowest BCUT2D eigenvalue weighted by atomic mass is 9.93. The smallest absolute Gasteiger partial charge is 0.256 e. The van der Waals surface area contributed by atoms with E-state index in [2.05, 4.69) is 26.9 Å². The lowest BCUT2D eigenvalue weighted by Gasteiger charge is -2.32. The first kappa shape index (κ1) is 31.7. The Labute approximate surface area is 284 Å². The van der Waals surface area contributed by atoms with Crippen molar-refractivity contribution in [3.05, 3.63) is 82.5 Å². The van der Waals surface area contributed by atoms with Crippen molar-refractivity contribution < 1.29 is 23.4 Å². The highest BCUT2D eigenvalue weighted by Gasteiger charge is 2.53. The molecule has 5 heterocycles. The maximum absolute atomic E-state index is 14.2. The SMILES string of the molecule is O=C(Nc1ccc2c(c1)nc(CN1CCC(c3cccc(OCc4ccc(Cl)cc4F)n3)CC1)n2C[C@@H]1CCO1)C1(C2CC2)CCCO1. The standard InChI is InChI=1S/C37H41ClFN5O4/c38-27-8-5-25(30(39)19-27)23-47-35-4-1-3-31(42-35)24-11-15-43(16-12-24)22-34-41-32-20-28(9-10-33(32)44(34)21-29-13-18-46-29)40-36(45)37(26-6-7-26)14-2-17-48-37/h1,3-5,8-10,19-20,24,26,29H,2,6-7,11-18,21-23H2,(H,40,45)/t29-,37?/m0/s1. The van der Waals surface area contributed by atoms with Gasteiger partial charge in [0.05, 0.1) is 30.2 Å². The molecule has 4 aliphatic rings. The van der Waals surface area contributed by atoms with Crippen molar-refractivity contribution in [2.24, 2.45) is 5.92 Å². The number of hydrogen-bond acceptors (Lipinski definition) is 7. The van der Waals surface area contributed by atoms with E-state index in [4.69, 9.17) is 35.8 Å². The second kappa shape index (κ2) is 13.4. The molecule has 3 saturated heterocycles. The number of amides is 1. The van der Waals surface area contributed by atoms with Crippen LogP contribution in [-0.4, -0.2) is 63.4 Å². The molecule has 2 atom stereocenters. The van der Waals surface area contributed by atoms with Gasteiger partial charge in [-0.25, -0.2) is 14.4 Å². The minimum absolute atomic E-state index is 0.0192. The van der Waals surface area contributed by atoms with Crippen LogP contribution in [-0.2, 0) is 34.0 Å². The van der Waals surface area contributed by atoms with Gasteiger partial charge in [0.25, 0.3) is 5.91 Å². The molecular weight excluding hydrogens is 633 g/mol. The van der Waals surface area contributed by atoms with Gasteiger partial charge in [0.1, 0.15) is 23.8 Å². The molecule has 4 aromatic rings. The van der Waals surface area contributed by atoms with Crippen LogP contribution in [0.3, 0.4) is 0 Å². The number of hydrogen-bond donors (Lipinski definition) is 1. The number of fused-ring (bicyclic) bond motifs is 1. The second-order valence-electron chi connectivity index (χ2n) is 13.7. The number of benzene rings is 2. The average Bonchev–Trinajstić information content (AvgIpc) is 3.71. The number of carbonyl (C=O) groups excluding carboxylic acids is 1. The first-order valence-electron chi connectivity index (χ1n) is 17.3. The third-order valence-electron chi connectivity index (χ3n) is 10.4. The number of imidazole rings is 1. The van der Waals surface area contributed by atoms with E-state index in [9.17, 15) is 9.18 Å². The Morgan fingerprint density at radius 2 is 1.90 bits per heavy atom. The first-order chi connectivity index (χ1) is 23.4. The van der Waals surface area contributed by atoms with E-state index in [-0.39, 0.29) is 24.4 Å². The zero-order valence-electron chi connectivity index (χ0n) is 27.0. The Hall–Kier alpha value is -3.57. The van der Waals surface area contributed by atoms with Gasteiger partial charge in [-0.2, -0.15) is 0 Å². The Kier molecular flexibility index (Phi) is 8.83. The fourth-order valence-corrected chi connectivity index (χ4v) is 7.62. The first-order valence-corrected chi connectivity index (χ1v) is 17.6. The van der Waals surface area contributed by atoms with E-state index in [0.29, 0.717) is 34.9 Å². The van der Waals surface area contributed by atoms with Gasteiger partial charge in [-0.15, -0.1) is 0 Å². The van der Waals surface area contributed by atoms with Crippen molar-refractivity contribution in [1.29, 1.82) is 0 Å². The molecule has 9 nitrogen and oxygen atoms in total. The number of piperidine rings is 1. The van der Waals surface area contributed by atoms with Crippen molar-refractivity contribution in [2.75, 3.05) is 31.6 Å². The molecule has 11 heteroatoms. The number of anilines is 1. The van der Waals surface area contributed by atoms with Gasteiger partial charge in [0.2, 0.25) is 5.88 Å². The molecule has 1 amide bonds. The fraction of sp³-hybridized carbons (Fsp3) is 0.486. The summed E-state index contributed by atoms with van der Waals surface area (Å²) in [6, 6.07) is 16.5. The Morgan fingerprint density at radius 3 is 2.62 bits per heavy atom. The van der Waals surface area contributed by atoms with Crippen molar-refractivity contribution in [3.63, 3.8) is 0 Å². The van der Waals surface area contributed by atoms with Crippen molar-refractivity contribution in [3.8, 4) is 5.88 Å². The molecule has 1 saturated carbocycles. The number of nitrogens with one attached hydrogen (secondary N) is 1. The largest absolute Gasteiger partial charge is 0.473 e. The quantitative estimate of drug-likeness (QED) is 0.186. The molecule has 1 aliphatic carbocycles. The zero-order chi connectivity index (χ0) is 32.7. The topological polar surface area (TPSA) is 90.7 Å². The van der Waals surface area contributed by atoms with E-state index < -0.39 is 5.60 Å². The zero-order valence-corrected chi connectivity index (χ0v) is 27.8. The van der Waals surface area contributed by atoms with E-state index in [1.807, 2.05) is 24.3 Å². The van der Waals surface area contributed by atoms with Crippen molar-refractivity contribution in [1.82, 2.24) is 19.4 Å².